The molecule has 2 saturated heterocycles. The molecule has 0 unspecified atom stereocenters. The van der Waals surface area contributed by atoms with Crippen molar-refractivity contribution in [2.45, 2.75) is 167 Å². The van der Waals surface area contributed by atoms with E-state index >= 15 is 0 Å². The maximum Gasteiger partial charge on any atom is 0.186 e. The van der Waals surface area contributed by atoms with Crippen LogP contribution in [0.3, 0.4) is 0 Å². The average Bonchev–Trinajstić information content (AvgIpc) is 3.65. The van der Waals surface area contributed by atoms with E-state index in [0.29, 0.717) is 36.9 Å². The molecule has 0 amide bonds. The normalized spacial score (nSPS) is 52.6. The van der Waals surface area contributed by atoms with Crippen LogP contribution in [0.2, 0.25) is 0 Å². The number of hydrogen-bond acceptors (Lipinski definition) is 10. The summed E-state index contributed by atoms with van der Waals surface area (Å²) in [6, 6.07) is 0. The molecule has 6 aliphatic rings. The SMILES string of the molecule is C[C@H](CC[C@@H](O)C(C)(C)O)[C@H]1CC[C@@]2(C)[C@@H]3C[C@@H]4O[C@]45[C@@H](CC[C@H](O[C@@H]4O[C@H](CO)[C@@H](O)[C@H](O)[C@H]4O)C5(C)C)[C@]3(C)C(=O)C[C@]12C. The molecule has 0 aromatic rings. The number of ketones is 1. The van der Waals surface area contributed by atoms with E-state index in [1.54, 1.807) is 13.8 Å². The minimum absolute atomic E-state index is 0.0145. The third-order valence-electron chi connectivity index (χ3n) is 15.2. The molecule has 46 heavy (non-hydrogen) atoms. The van der Waals surface area contributed by atoms with Crippen LogP contribution in [0.25, 0.3) is 0 Å². The number of rotatable bonds is 8. The summed E-state index contributed by atoms with van der Waals surface area (Å²) in [5.74, 6) is 1.19. The number of aliphatic hydroxyl groups is 6. The number of aliphatic hydroxyl groups excluding tert-OH is 5. The van der Waals surface area contributed by atoms with Gasteiger partial charge in [0.05, 0.1) is 30.5 Å². The van der Waals surface area contributed by atoms with Gasteiger partial charge in [-0.1, -0.05) is 41.5 Å². The summed E-state index contributed by atoms with van der Waals surface area (Å²) in [6.07, 6.45) is -1.76. The Balaban J connectivity index is 1.23. The summed E-state index contributed by atoms with van der Waals surface area (Å²) >= 11 is 0. The van der Waals surface area contributed by atoms with E-state index in [9.17, 15) is 35.4 Å². The van der Waals surface area contributed by atoms with Crippen LogP contribution < -0.4 is 0 Å². The Morgan fingerprint density at radius 3 is 2.26 bits per heavy atom. The van der Waals surface area contributed by atoms with Crippen LogP contribution in [-0.4, -0.2) is 103 Å². The van der Waals surface area contributed by atoms with Gasteiger partial charge in [-0.05, 0) is 87.4 Å². The summed E-state index contributed by atoms with van der Waals surface area (Å²) < 4.78 is 18.9. The van der Waals surface area contributed by atoms with E-state index in [2.05, 4.69) is 41.5 Å². The van der Waals surface area contributed by atoms with Crippen molar-refractivity contribution >= 4 is 5.78 Å². The van der Waals surface area contributed by atoms with Crippen molar-refractivity contribution < 1.29 is 49.6 Å². The van der Waals surface area contributed by atoms with E-state index in [1.807, 2.05) is 0 Å². The average molecular weight is 653 g/mol. The minimum atomic E-state index is -1.51. The highest BCUT2D eigenvalue weighted by Gasteiger charge is 2.83. The second kappa shape index (κ2) is 11.2. The van der Waals surface area contributed by atoms with Gasteiger partial charge >= 0.3 is 0 Å². The van der Waals surface area contributed by atoms with Crippen molar-refractivity contribution in [3.8, 4) is 0 Å². The van der Waals surface area contributed by atoms with Gasteiger partial charge in [0, 0.05) is 23.2 Å². The van der Waals surface area contributed by atoms with Crippen LogP contribution in [0.15, 0.2) is 0 Å². The molecule has 1 spiro atoms. The van der Waals surface area contributed by atoms with Crippen molar-refractivity contribution in [2.75, 3.05) is 6.61 Å². The van der Waals surface area contributed by atoms with Gasteiger partial charge in [-0.15, -0.1) is 0 Å². The van der Waals surface area contributed by atoms with Crippen LogP contribution in [0.5, 0.6) is 0 Å². The van der Waals surface area contributed by atoms with Gasteiger partial charge < -0.3 is 44.8 Å². The first-order valence-corrected chi connectivity index (χ1v) is 17.8. The van der Waals surface area contributed by atoms with E-state index in [4.69, 9.17) is 14.2 Å². The smallest absolute Gasteiger partial charge is 0.186 e. The van der Waals surface area contributed by atoms with Gasteiger partial charge in [0.2, 0.25) is 0 Å². The number of hydrogen-bond donors (Lipinski definition) is 6. The maximum absolute atomic E-state index is 14.7. The Morgan fingerprint density at radius 1 is 0.957 bits per heavy atom. The molecule has 264 valence electrons. The molecular formula is C36H60O10. The lowest BCUT2D eigenvalue weighted by Crippen LogP contribution is -2.69. The predicted molar refractivity (Wildman–Crippen MR) is 168 cm³/mol. The molecule has 16 atom stereocenters. The highest BCUT2D eigenvalue weighted by Crippen LogP contribution is 2.79. The molecule has 0 aromatic carbocycles. The van der Waals surface area contributed by atoms with Crippen LogP contribution in [0.1, 0.15) is 107 Å². The van der Waals surface area contributed by atoms with E-state index in [-0.39, 0.29) is 28.8 Å². The zero-order valence-electron chi connectivity index (χ0n) is 29.1. The minimum Gasteiger partial charge on any atom is -0.394 e. The van der Waals surface area contributed by atoms with E-state index < -0.39 is 71.6 Å². The molecular weight excluding hydrogens is 592 g/mol. The molecule has 6 N–H and O–H groups in total. The summed E-state index contributed by atoms with van der Waals surface area (Å²) in [7, 11) is 0. The summed E-state index contributed by atoms with van der Waals surface area (Å²) in [5, 5.41) is 61.8. The molecule has 0 bridgehead atoms. The van der Waals surface area contributed by atoms with Crippen molar-refractivity contribution in [3.05, 3.63) is 0 Å². The maximum atomic E-state index is 14.7. The Morgan fingerprint density at radius 2 is 1.63 bits per heavy atom. The second-order valence-electron chi connectivity index (χ2n) is 17.9. The van der Waals surface area contributed by atoms with Crippen LogP contribution in [0.4, 0.5) is 0 Å². The number of epoxide rings is 1. The highest BCUT2D eigenvalue weighted by molar-refractivity contribution is 5.88. The van der Waals surface area contributed by atoms with Crippen molar-refractivity contribution in [2.24, 2.45) is 45.3 Å². The number of ether oxygens (including phenoxy) is 3. The standard InChI is InChI=1S/C36H60O10/c1-18(9-11-23(38)32(4,5)43)19-13-14-33(6)22-15-26-36(46-26)21(35(22,8)24(39)16-34(19,33)7)10-12-25(31(36,2)3)45-30-29(42)28(41)27(40)20(17-37)44-30/h18-23,25-30,37-38,40-43H,9-17H2,1-8H3/t18-,19-,20-,21+,22+,23-,25+,26+,27-,28+,29-,30+,33+,34-,35+,36-/m1/s1. The fourth-order valence-electron chi connectivity index (χ4n) is 12.0. The van der Waals surface area contributed by atoms with Gasteiger partial charge in [-0.2, -0.15) is 0 Å². The van der Waals surface area contributed by atoms with Gasteiger partial charge in [0.1, 0.15) is 35.8 Å². The number of carbonyl (C=O) groups is 1. The van der Waals surface area contributed by atoms with Gasteiger partial charge in [-0.25, -0.2) is 0 Å². The largest absolute Gasteiger partial charge is 0.394 e. The van der Waals surface area contributed by atoms with Crippen molar-refractivity contribution in [3.63, 3.8) is 0 Å². The summed E-state index contributed by atoms with van der Waals surface area (Å²) in [5.41, 5.74) is -3.00. The summed E-state index contributed by atoms with van der Waals surface area (Å²) in [6.45, 7) is 16.3. The fourth-order valence-corrected chi connectivity index (χ4v) is 12.0. The fraction of sp³-hybridized carbons (Fsp3) is 0.972. The molecule has 2 aliphatic heterocycles. The van der Waals surface area contributed by atoms with Crippen molar-refractivity contribution in [1.29, 1.82) is 0 Å². The lowest BCUT2D eigenvalue weighted by atomic mass is 9.36. The highest BCUT2D eigenvalue weighted by atomic mass is 16.7. The van der Waals surface area contributed by atoms with Gasteiger partial charge in [-0.3, -0.25) is 4.79 Å². The zero-order valence-corrected chi connectivity index (χ0v) is 29.1. The molecule has 6 rings (SSSR count). The predicted octanol–water partition coefficient (Wildman–Crippen LogP) is 2.71. The molecule has 10 nitrogen and oxygen atoms in total. The van der Waals surface area contributed by atoms with Crippen LogP contribution >= 0.6 is 0 Å². The second-order valence-corrected chi connectivity index (χ2v) is 17.9. The van der Waals surface area contributed by atoms with Crippen LogP contribution in [-0.2, 0) is 19.0 Å². The summed E-state index contributed by atoms with van der Waals surface area (Å²) in [4.78, 5) is 14.7. The number of fused-ring (bicyclic) bond motifs is 4. The Kier molecular flexibility index (Phi) is 8.52. The first-order valence-electron chi connectivity index (χ1n) is 17.8. The molecule has 2 heterocycles. The molecule has 0 radical (unpaired) electrons. The molecule has 0 aromatic heterocycles. The Labute approximate surface area is 274 Å². The third-order valence-corrected chi connectivity index (χ3v) is 15.2. The van der Waals surface area contributed by atoms with Gasteiger partial charge in [0.25, 0.3) is 0 Å². The molecule has 6 fully saturated rings. The Hall–Kier alpha value is -0.690. The van der Waals surface area contributed by atoms with E-state index in [0.717, 1.165) is 32.1 Å². The Bertz CT molecular complexity index is 1180. The molecule has 4 aliphatic carbocycles. The van der Waals surface area contributed by atoms with Crippen molar-refractivity contribution in [1.82, 2.24) is 0 Å². The number of carbonyl (C=O) groups excluding carboxylic acids is 1. The topological polar surface area (TPSA) is 169 Å². The first kappa shape index (κ1) is 35.1. The first-order chi connectivity index (χ1) is 21.2. The van der Waals surface area contributed by atoms with Gasteiger partial charge in [0.15, 0.2) is 6.29 Å². The van der Waals surface area contributed by atoms with E-state index in [1.165, 1.54) is 0 Å². The monoisotopic (exact) mass is 652 g/mol. The lowest BCUT2D eigenvalue weighted by Gasteiger charge is -2.66. The zero-order chi connectivity index (χ0) is 34.0. The lowest BCUT2D eigenvalue weighted by molar-refractivity contribution is -0.326. The molecule has 4 saturated carbocycles. The molecule has 10 heteroatoms. The third kappa shape index (κ3) is 4.64. The van der Waals surface area contributed by atoms with Crippen LogP contribution in [0, 0.1) is 45.3 Å². The quantitative estimate of drug-likeness (QED) is 0.169. The number of Topliss-reactive ketones (excluding diaryl/α,β-unsaturated/α-hetero) is 1.